The number of hydrogen-bond donors (Lipinski definition) is 2. The quantitative estimate of drug-likeness (QED) is 0.163. The van der Waals surface area contributed by atoms with Crippen LogP contribution in [0.4, 0.5) is 0 Å². The lowest BCUT2D eigenvalue weighted by Crippen LogP contribution is -2.47. The van der Waals surface area contributed by atoms with Crippen LogP contribution in [0.15, 0.2) is 4.99 Å². The molecule has 0 aliphatic carbocycles. The number of unbranched alkanes of at least 4 members (excludes halogenated alkanes) is 7. The number of aliphatic imine (C=N–C) groups is 1. The Morgan fingerprint density at radius 3 is 2.07 bits per heavy atom. The molecule has 0 radical (unpaired) electrons. The first-order chi connectivity index (χ1) is 12.9. The Morgan fingerprint density at radius 2 is 1.54 bits per heavy atom. The third-order valence-corrected chi connectivity index (χ3v) is 7.49. The smallest absolute Gasteiger partial charge is 0.191 e. The van der Waals surface area contributed by atoms with Gasteiger partial charge in [-0.25, -0.2) is 8.42 Å². The highest BCUT2D eigenvalue weighted by atomic mass is 127. The number of nitrogens with one attached hydrogen (secondary N) is 2. The second kappa shape index (κ2) is 15.7. The molecule has 1 heterocycles. The van der Waals surface area contributed by atoms with Crippen LogP contribution in [0.1, 0.15) is 78.1 Å². The summed E-state index contributed by atoms with van der Waals surface area (Å²) in [5, 5.41) is 6.58. The first-order valence-electron chi connectivity index (χ1n) is 10.7. The van der Waals surface area contributed by atoms with Crippen molar-refractivity contribution in [1.82, 2.24) is 10.6 Å². The van der Waals surface area contributed by atoms with Crippen molar-refractivity contribution in [3.05, 3.63) is 0 Å². The second-order valence-corrected chi connectivity index (χ2v) is 10.1. The van der Waals surface area contributed by atoms with E-state index >= 15 is 0 Å². The highest BCUT2D eigenvalue weighted by Gasteiger charge is 2.42. The average Bonchev–Trinajstić information content (AvgIpc) is 2.64. The molecular formula is C20H42IN3O3S. The van der Waals surface area contributed by atoms with Gasteiger partial charge in [-0.3, -0.25) is 4.99 Å². The normalized spacial score (nSPS) is 17.0. The monoisotopic (exact) mass is 531 g/mol. The van der Waals surface area contributed by atoms with Gasteiger partial charge in [0, 0.05) is 32.6 Å². The number of guanidine groups is 1. The van der Waals surface area contributed by atoms with Crippen LogP contribution >= 0.6 is 24.0 Å². The van der Waals surface area contributed by atoms with Gasteiger partial charge < -0.3 is 15.4 Å². The summed E-state index contributed by atoms with van der Waals surface area (Å²) in [6, 6.07) is 0. The zero-order valence-electron chi connectivity index (χ0n) is 18.1. The Balaban J connectivity index is 0.00000729. The maximum Gasteiger partial charge on any atom is 0.191 e. The van der Waals surface area contributed by atoms with Crippen LogP contribution in [0.2, 0.25) is 0 Å². The van der Waals surface area contributed by atoms with Crippen LogP contribution < -0.4 is 10.6 Å². The van der Waals surface area contributed by atoms with E-state index in [4.69, 9.17) is 4.74 Å². The summed E-state index contributed by atoms with van der Waals surface area (Å²) in [7, 11) is -3.18. The fraction of sp³-hybridized carbons (Fsp3) is 0.950. The van der Waals surface area contributed by atoms with E-state index in [0.29, 0.717) is 32.6 Å². The van der Waals surface area contributed by atoms with Crippen LogP contribution in [-0.2, 0) is 14.6 Å². The molecule has 0 spiro atoms. The molecule has 0 aromatic rings. The topological polar surface area (TPSA) is 79.8 Å². The molecule has 1 saturated heterocycles. The molecule has 0 atom stereocenters. The van der Waals surface area contributed by atoms with Crippen LogP contribution in [-0.4, -0.2) is 58.2 Å². The molecule has 0 saturated carbocycles. The molecule has 1 aliphatic rings. The van der Waals surface area contributed by atoms with E-state index in [2.05, 4.69) is 22.5 Å². The minimum absolute atomic E-state index is 0. The number of sulfone groups is 1. The van der Waals surface area contributed by atoms with Crippen molar-refractivity contribution in [3.8, 4) is 0 Å². The van der Waals surface area contributed by atoms with Gasteiger partial charge in [0.15, 0.2) is 15.8 Å². The van der Waals surface area contributed by atoms with Gasteiger partial charge in [0.1, 0.15) is 0 Å². The summed E-state index contributed by atoms with van der Waals surface area (Å²) in [4.78, 5) is 4.60. The molecule has 8 heteroatoms. The number of nitrogens with zero attached hydrogens (tertiary/aromatic N) is 1. The Bertz CT molecular complexity index is 521. The predicted molar refractivity (Wildman–Crippen MR) is 130 cm³/mol. The lowest BCUT2D eigenvalue weighted by molar-refractivity contribution is 0.0768. The minimum atomic E-state index is -3.18. The van der Waals surface area contributed by atoms with E-state index in [1.54, 1.807) is 0 Å². The fourth-order valence-corrected chi connectivity index (χ4v) is 4.63. The Labute approximate surface area is 190 Å². The molecule has 0 amide bonds. The lowest BCUT2D eigenvalue weighted by Gasteiger charge is -2.34. The summed E-state index contributed by atoms with van der Waals surface area (Å²) >= 11 is 0. The molecule has 6 nitrogen and oxygen atoms in total. The molecule has 0 aromatic heterocycles. The average molecular weight is 532 g/mol. The molecule has 0 bridgehead atoms. The van der Waals surface area contributed by atoms with Crippen molar-refractivity contribution in [2.24, 2.45) is 4.99 Å². The first kappa shape index (κ1) is 27.9. The van der Waals surface area contributed by atoms with Crippen molar-refractivity contribution in [3.63, 3.8) is 0 Å². The largest absolute Gasteiger partial charge is 0.381 e. The van der Waals surface area contributed by atoms with Crippen LogP contribution in [0.5, 0.6) is 0 Å². The zero-order chi connectivity index (χ0) is 20.0. The zero-order valence-corrected chi connectivity index (χ0v) is 21.2. The van der Waals surface area contributed by atoms with Crippen molar-refractivity contribution in [2.45, 2.75) is 82.8 Å². The molecule has 0 unspecified atom stereocenters. The van der Waals surface area contributed by atoms with Crippen molar-refractivity contribution in [1.29, 1.82) is 0 Å². The van der Waals surface area contributed by atoms with Gasteiger partial charge in [-0.15, -0.1) is 24.0 Å². The van der Waals surface area contributed by atoms with E-state index in [1.165, 1.54) is 51.2 Å². The number of hydrogen-bond acceptors (Lipinski definition) is 4. The highest BCUT2D eigenvalue weighted by Crippen LogP contribution is 2.29. The summed E-state index contributed by atoms with van der Waals surface area (Å²) in [6.07, 6.45) is 12.7. The van der Waals surface area contributed by atoms with Crippen LogP contribution in [0.25, 0.3) is 0 Å². The summed E-state index contributed by atoms with van der Waals surface area (Å²) in [6.45, 7) is 7.18. The van der Waals surface area contributed by atoms with Gasteiger partial charge in [-0.2, -0.15) is 0 Å². The molecule has 1 aliphatic heterocycles. The van der Waals surface area contributed by atoms with Crippen molar-refractivity contribution >= 4 is 39.8 Å². The molecule has 1 rings (SSSR count). The van der Waals surface area contributed by atoms with E-state index < -0.39 is 14.6 Å². The van der Waals surface area contributed by atoms with Crippen molar-refractivity contribution in [2.75, 3.05) is 39.1 Å². The first-order valence-corrected chi connectivity index (χ1v) is 12.6. The van der Waals surface area contributed by atoms with E-state index in [1.807, 2.05) is 6.92 Å². The predicted octanol–water partition coefficient (Wildman–Crippen LogP) is 3.89. The molecule has 28 heavy (non-hydrogen) atoms. The van der Waals surface area contributed by atoms with Gasteiger partial charge in [0.05, 0.1) is 11.3 Å². The Morgan fingerprint density at radius 1 is 0.964 bits per heavy atom. The van der Waals surface area contributed by atoms with Gasteiger partial charge >= 0.3 is 0 Å². The SMILES string of the molecule is CCCCCCCCCCNC(=NCC1(S(C)(=O)=O)CCOCC1)NCC.I. The van der Waals surface area contributed by atoms with Crippen molar-refractivity contribution < 1.29 is 13.2 Å². The van der Waals surface area contributed by atoms with Gasteiger partial charge in [-0.05, 0) is 26.2 Å². The van der Waals surface area contributed by atoms with Crippen LogP contribution in [0.3, 0.4) is 0 Å². The lowest BCUT2D eigenvalue weighted by atomic mass is 9.99. The second-order valence-electron chi connectivity index (χ2n) is 7.66. The number of ether oxygens (including phenoxy) is 1. The van der Waals surface area contributed by atoms with Gasteiger partial charge in [0.2, 0.25) is 0 Å². The summed E-state index contributed by atoms with van der Waals surface area (Å²) < 4.78 is 29.3. The van der Waals surface area contributed by atoms with E-state index in [0.717, 1.165) is 25.5 Å². The third-order valence-electron chi connectivity index (χ3n) is 5.38. The standard InChI is InChI=1S/C20H41N3O3S.HI/c1-4-6-7-8-9-10-11-12-15-22-19(21-5-2)23-18-20(27(3,24)25)13-16-26-17-14-20;/h4-18H2,1-3H3,(H2,21,22,23);1H. The highest BCUT2D eigenvalue weighted by molar-refractivity contribution is 14.0. The maximum absolute atomic E-state index is 12.3. The Kier molecular flexibility index (Phi) is 15.7. The number of rotatable bonds is 13. The molecule has 0 aromatic carbocycles. The molecule has 168 valence electrons. The Hall–Kier alpha value is -0.0900. The summed E-state index contributed by atoms with van der Waals surface area (Å²) in [5.41, 5.74) is 0. The maximum atomic E-state index is 12.3. The molecule has 1 fully saturated rings. The van der Waals surface area contributed by atoms with Gasteiger partial charge in [0.25, 0.3) is 0 Å². The van der Waals surface area contributed by atoms with E-state index in [-0.39, 0.29) is 24.0 Å². The summed E-state index contributed by atoms with van der Waals surface area (Å²) in [5.74, 6) is 0.718. The number of halogens is 1. The van der Waals surface area contributed by atoms with Crippen LogP contribution in [0, 0.1) is 0 Å². The molecule has 2 N–H and O–H groups in total. The fourth-order valence-electron chi connectivity index (χ4n) is 3.42. The molecular weight excluding hydrogens is 489 g/mol. The van der Waals surface area contributed by atoms with Gasteiger partial charge in [-0.1, -0.05) is 51.9 Å². The minimum Gasteiger partial charge on any atom is -0.381 e. The van der Waals surface area contributed by atoms with E-state index in [9.17, 15) is 8.42 Å². The third kappa shape index (κ3) is 10.6.